The molecule has 3 nitrogen and oxygen atoms in total. The molecule has 1 atom stereocenters. The molecule has 1 aromatic rings. The molecule has 1 aliphatic heterocycles. The molecule has 1 aromatic carbocycles. The molecular weight excluding hydrogens is 340 g/mol. The van der Waals surface area contributed by atoms with Crippen LogP contribution in [0.15, 0.2) is 10.5 Å². The number of nitrogens with one attached hydrogen (secondary N) is 2. The third-order valence-corrected chi connectivity index (χ3v) is 4.54. The summed E-state index contributed by atoms with van der Waals surface area (Å²) in [4.78, 5) is 0. The molecule has 0 bridgehead atoms. The second-order valence-electron chi connectivity index (χ2n) is 4.40. The third-order valence-electron chi connectivity index (χ3n) is 3.13. The average Bonchev–Trinajstić information content (AvgIpc) is 2.48. The van der Waals surface area contributed by atoms with Crippen LogP contribution in [0.25, 0.3) is 0 Å². The Kier molecular flexibility index (Phi) is 7.56. The maximum Gasteiger partial charge on any atom is 0.127 e. The second-order valence-corrected chi connectivity index (χ2v) is 5.60. The first-order valence-electron chi connectivity index (χ1n) is 7.00. The molecule has 1 aliphatic rings. The number of anilines is 1. The number of hydrogen-bond acceptors (Lipinski definition) is 3. The van der Waals surface area contributed by atoms with Gasteiger partial charge in [-0.2, -0.15) is 0 Å². The van der Waals surface area contributed by atoms with Crippen molar-refractivity contribution in [1.82, 2.24) is 0 Å². The molecule has 1 unspecified atom stereocenters. The fourth-order valence-corrected chi connectivity index (χ4v) is 2.89. The van der Waals surface area contributed by atoms with Gasteiger partial charge in [-0.1, -0.05) is 25.4 Å². The van der Waals surface area contributed by atoms with Gasteiger partial charge in [0.15, 0.2) is 0 Å². The summed E-state index contributed by atoms with van der Waals surface area (Å²) in [6, 6.07) is 1.86. The summed E-state index contributed by atoms with van der Waals surface area (Å²) >= 11 is 9.67. The molecule has 1 saturated heterocycles. The van der Waals surface area contributed by atoms with Crippen LogP contribution < -0.4 is 5.32 Å². The lowest BCUT2D eigenvalue weighted by molar-refractivity contribution is 0.0343. The quantitative estimate of drug-likeness (QED) is 0.710. The average molecular weight is 362 g/mol. The normalized spacial score (nSPS) is 17.9. The van der Waals surface area contributed by atoms with E-state index in [0.29, 0.717) is 5.02 Å². The Morgan fingerprint density at radius 1 is 1.45 bits per heavy atom. The summed E-state index contributed by atoms with van der Waals surface area (Å²) in [6.45, 7) is 6.72. The molecule has 0 saturated carbocycles. The van der Waals surface area contributed by atoms with E-state index in [-0.39, 0.29) is 6.23 Å². The molecule has 2 rings (SSSR count). The van der Waals surface area contributed by atoms with Crippen LogP contribution in [-0.2, 0) is 4.74 Å². The highest BCUT2D eigenvalue weighted by molar-refractivity contribution is 9.10. The fourth-order valence-electron chi connectivity index (χ4n) is 2.03. The number of halogens is 2. The zero-order valence-electron chi connectivity index (χ0n) is 12.2. The molecule has 112 valence electrons. The highest BCUT2D eigenvalue weighted by atomic mass is 79.9. The van der Waals surface area contributed by atoms with Gasteiger partial charge in [0.05, 0.1) is 0 Å². The first kappa shape index (κ1) is 17.5. The van der Waals surface area contributed by atoms with Crippen LogP contribution >= 0.6 is 27.5 Å². The van der Waals surface area contributed by atoms with Gasteiger partial charge < -0.3 is 15.5 Å². The summed E-state index contributed by atoms with van der Waals surface area (Å²) in [5.41, 5.74) is 2.61. The van der Waals surface area contributed by atoms with Crippen LogP contribution in [-0.4, -0.2) is 19.0 Å². The van der Waals surface area contributed by atoms with Crippen LogP contribution in [0, 0.1) is 12.3 Å². The first-order valence-corrected chi connectivity index (χ1v) is 8.17. The van der Waals surface area contributed by atoms with Crippen molar-refractivity contribution in [1.29, 1.82) is 5.41 Å². The summed E-state index contributed by atoms with van der Waals surface area (Å²) < 4.78 is 6.51. The van der Waals surface area contributed by atoms with Crippen molar-refractivity contribution in [2.24, 2.45) is 0 Å². The Labute approximate surface area is 134 Å². The van der Waals surface area contributed by atoms with Gasteiger partial charge in [0.2, 0.25) is 0 Å². The predicted octanol–water partition coefficient (Wildman–Crippen LogP) is 5.37. The Morgan fingerprint density at radius 3 is 2.70 bits per heavy atom. The van der Waals surface area contributed by atoms with Crippen molar-refractivity contribution in [3.63, 3.8) is 0 Å². The molecule has 0 aliphatic carbocycles. The molecule has 0 amide bonds. The van der Waals surface area contributed by atoms with E-state index in [0.717, 1.165) is 40.7 Å². The fraction of sp³-hybridized carbons (Fsp3) is 0.533. The Bertz CT molecular complexity index is 460. The van der Waals surface area contributed by atoms with Crippen LogP contribution in [0.2, 0.25) is 5.02 Å². The van der Waals surface area contributed by atoms with Gasteiger partial charge in [0.25, 0.3) is 0 Å². The van der Waals surface area contributed by atoms with Crippen molar-refractivity contribution in [3.8, 4) is 0 Å². The van der Waals surface area contributed by atoms with E-state index in [2.05, 4.69) is 21.2 Å². The molecule has 1 fully saturated rings. The molecule has 0 radical (unpaired) electrons. The van der Waals surface area contributed by atoms with Gasteiger partial charge in [-0.3, -0.25) is 0 Å². The molecular formula is C15H22BrClN2O. The minimum Gasteiger partial charge on any atom is -0.360 e. The van der Waals surface area contributed by atoms with E-state index in [9.17, 15) is 0 Å². The van der Waals surface area contributed by atoms with Crippen LogP contribution in [0.5, 0.6) is 0 Å². The topological polar surface area (TPSA) is 45.1 Å². The van der Waals surface area contributed by atoms with Crippen molar-refractivity contribution in [2.45, 2.75) is 46.3 Å². The Morgan fingerprint density at radius 2 is 2.15 bits per heavy atom. The third kappa shape index (κ3) is 4.21. The predicted molar refractivity (Wildman–Crippen MR) is 90.3 cm³/mol. The van der Waals surface area contributed by atoms with Crippen molar-refractivity contribution in [3.05, 3.63) is 26.7 Å². The van der Waals surface area contributed by atoms with Crippen molar-refractivity contribution >= 4 is 39.4 Å². The van der Waals surface area contributed by atoms with E-state index in [4.69, 9.17) is 21.7 Å². The Balaban J connectivity index is 0.000000956. The number of ether oxygens (including phenoxy) is 1. The van der Waals surface area contributed by atoms with E-state index >= 15 is 0 Å². The summed E-state index contributed by atoms with van der Waals surface area (Å²) in [5, 5.41) is 11.5. The zero-order valence-corrected chi connectivity index (χ0v) is 14.6. The molecule has 2 N–H and O–H groups in total. The van der Waals surface area contributed by atoms with E-state index in [1.807, 2.05) is 26.8 Å². The van der Waals surface area contributed by atoms with Gasteiger partial charge >= 0.3 is 0 Å². The molecule has 1 heterocycles. The number of hydrogen-bond donors (Lipinski definition) is 2. The lowest BCUT2D eigenvalue weighted by Crippen LogP contribution is -2.27. The highest BCUT2D eigenvalue weighted by Crippen LogP contribution is 2.33. The SMILES string of the molecule is CC.Cc1c(Cl)cc(NC2CCCCO2)c(C=N)c1Br. The van der Waals surface area contributed by atoms with E-state index in [1.54, 1.807) is 0 Å². The molecule has 5 heteroatoms. The van der Waals surface area contributed by atoms with E-state index < -0.39 is 0 Å². The standard InChI is InChI=1S/C13H16BrClN2O.C2H6/c1-8-10(15)6-11(9(7-16)13(8)14)17-12-4-2-3-5-18-12;1-2/h6-7,12,16-17H,2-5H2,1H3;1-2H3. The highest BCUT2D eigenvalue weighted by Gasteiger charge is 2.17. The molecule has 0 aromatic heterocycles. The van der Waals surface area contributed by atoms with Gasteiger partial charge in [0.1, 0.15) is 6.23 Å². The van der Waals surface area contributed by atoms with Crippen molar-refractivity contribution in [2.75, 3.05) is 11.9 Å². The lowest BCUT2D eigenvalue weighted by atomic mass is 10.1. The minimum absolute atomic E-state index is 0.0168. The van der Waals surface area contributed by atoms with Crippen LogP contribution in [0.1, 0.15) is 44.2 Å². The smallest absolute Gasteiger partial charge is 0.127 e. The Hall–Kier alpha value is -0.580. The number of rotatable bonds is 3. The van der Waals surface area contributed by atoms with Crippen LogP contribution in [0.4, 0.5) is 5.69 Å². The van der Waals surface area contributed by atoms with Crippen LogP contribution in [0.3, 0.4) is 0 Å². The summed E-state index contributed by atoms with van der Waals surface area (Å²) in [7, 11) is 0. The van der Waals surface area contributed by atoms with Gasteiger partial charge in [-0.25, -0.2) is 0 Å². The zero-order chi connectivity index (χ0) is 15.1. The van der Waals surface area contributed by atoms with Gasteiger partial charge in [-0.05, 0) is 53.7 Å². The van der Waals surface area contributed by atoms with Gasteiger partial charge in [0, 0.05) is 33.6 Å². The maximum absolute atomic E-state index is 7.53. The van der Waals surface area contributed by atoms with Gasteiger partial charge in [-0.15, -0.1) is 0 Å². The number of benzene rings is 1. The minimum atomic E-state index is 0.0168. The summed E-state index contributed by atoms with van der Waals surface area (Å²) in [6.07, 6.45) is 4.62. The molecule has 0 spiro atoms. The monoisotopic (exact) mass is 360 g/mol. The maximum atomic E-state index is 7.53. The first-order chi connectivity index (χ1) is 9.63. The largest absolute Gasteiger partial charge is 0.360 e. The second kappa shape index (κ2) is 8.65. The summed E-state index contributed by atoms with van der Waals surface area (Å²) in [5.74, 6) is 0. The van der Waals surface area contributed by atoms with Crippen molar-refractivity contribution < 1.29 is 4.74 Å². The molecule has 20 heavy (non-hydrogen) atoms. The lowest BCUT2D eigenvalue weighted by Gasteiger charge is -2.26. The van der Waals surface area contributed by atoms with E-state index in [1.165, 1.54) is 12.6 Å².